The monoisotopic (exact) mass is 413 g/mol. The molecule has 6 heteroatoms. The third kappa shape index (κ3) is 5.01. The molecule has 2 rings (SSSR count). The number of imidazole rings is 1. The molecule has 0 spiro atoms. The Hall–Kier alpha value is -1.57. The molecule has 0 radical (unpaired) electrons. The van der Waals surface area contributed by atoms with E-state index in [0.717, 1.165) is 25.1 Å². The summed E-state index contributed by atoms with van der Waals surface area (Å²) < 4.78 is 1.98. The number of aryl methyl sites for hydroxylation is 2. The minimum atomic E-state index is 0. The normalized spacial score (nSPS) is 11.1. The van der Waals surface area contributed by atoms with Gasteiger partial charge in [-0.1, -0.05) is 32.0 Å². The number of para-hydroxylation sites is 1. The summed E-state index contributed by atoms with van der Waals surface area (Å²) in [5, 5.41) is 3.26. The maximum Gasteiger partial charge on any atom is 0.193 e. The predicted molar refractivity (Wildman–Crippen MR) is 103 cm³/mol. The van der Waals surface area contributed by atoms with Gasteiger partial charge in [0.05, 0.1) is 12.9 Å². The van der Waals surface area contributed by atoms with Gasteiger partial charge in [0.1, 0.15) is 0 Å². The fraction of sp³-hybridized carbons (Fsp3) is 0.375. The van der Waals surface area contributed by atoms with Crippen LogP contribution in [0.3, 0.4) is 0 Å². The number of guanidine groups is 1. The molecule has 0 aliphatic heterocycles. The third-order valence-electron chi connectivity index (χ3n) is 3.45. The van der Waals surface area contributed by atoms with E-state index in [-0.39, 0.29) is 24.0 Å². The van der Waals surface area contributed by atoms with Crippen LogP contribution in [0.25, 0.3) is 0 Å². The fourth-order valence-electron chi connectivity index (χ4n) is 2.28. The molecule has 0 saturated heterocycles. The average Bonchev–Trinajstić information content (AvgIpc) is 3.00. The number of anilines is 1. The van der Waals surface area contributed by atoms with Gasteiger partial charge in [-0.3, -0.25) is 4.99 Å². The molecule has 0 aliphatic carbocycles. The van der Waals surface area contributed by atoms with E-state index in [4.69, 9.17) is 5.73 Å². The molecule has 5 nitrogen and oxygen atoms in total. The lowest BCUT2D eigenvalue weighted by atomic mass is 10.0. The first-order chi connectivity index (χ1) is 10.2. The van der Waals surface area contributed by atoms with Crippen LogP contribution in [0.4, 0.5) is 5.69 Å². The van der Waals surface area contributed by atoms with Crippen molar-refractivity contribution in [1.29, 1.82) is 0 Å². The van der Waals surface area contributed by atoms with E-state index in [9.17, 15) is 0 Å². The number of nitrogens with zero attached hydrogens (tertiary/aromatic N) is 3. The summed E-state index contributed by atoms with van der Waals surface area (Å²) in [6, 6.07) is 6.34. The minimum absolute atomic E-state index is 0. The van der Waals surface area contributed by atoms with Crippen molar-refractivity contribution < 1.29 is 0 Å². The van der Waals surface area contributed by atoms with Gasteiger partial charge in [-0.2, -0.15) is 0 Å². The predicted octanol–water partition coefficient (Wildman–Crippen LogP) is 3.05. The van der Waals surface area contributed by atoms with Gasteiger partial charge in [0, 0.05) is 24.6 Å². The molecule has 1 aromatic carbocycles. The highest BCUT2D eigenvalue weighted by Crippen LogP contribution is 2.22. The number of aromatic nitrogens is 2. The highest BCUT2D eigenvalue weighted by molar-refractivity contribution is 14.0. The Morgan fingerprint density at radius 3 is 2.50 bits per heavy atom. The second kappa shape index (κ2) is 9.45. The maximum absolute atomic E-state index is 6.01. The summed E-state index contributed by atoms with van der Waals surface area (Å²) in [5.41, 5.74) is 9.64. The Morgan fingerprint density at radius 2 is 1.95 bits per heavy atom. The van der Waals surface area contributed by atoms with Gasteiger partial charge in [0.15, 0.2) is 5.96 Å². The Labute approximate surface area is 149 Å². The lowest BCUT2D eigenvalue weighted by Gasteiger charge is -2.14. The summed E-state index contributed by atoms with van der Waals surface area (Å²) in [6.07, 6.45) is 7.40. The number of hydrogen-bond donors (Lipinski definition) is 2. The molecule has 0 saturated carbocycles. The quantitative estimate of drug-likeness (QED) is 0.435. The van der Waals surface area contributed by atoms with Crippen LogP contribution in [0.15, 0.2) is 41.9 Å². The van der Waals surface area contributed by atoms with Crippen LogP contribution in [0.5, 0.6) is 0 Å². The number of rotatable bonds is 6. The number of nitrogens with two attached hydrogens (primary N) is 1. The first-order valence-corrected chi connectivity index (χ1v) is 7.38. The first kappa shape index (κ1) is 18.5. The highest BCUT2D eigenvalue weighted by atomic mass is 127. The van der Waals surface area contributed by atoms with Gasteiger partial charge < -0.3 is 15.6 Å². The van der Waals surface area contributed by atoms with Gasteiger partial charge in [-0.25, -0.2) is 4.98 Å². The van der Waals surface area contributed by atoms with Crippen LogP contribution in [0.2, 0.25) is 0 Å². The number of hydrogen-bond acceptors (Lipinski definition) is 2. The Morgan fingerprint density at radius 1 is 1.27 bits per heavy atom. The number of halogens is 1. The Balaban J connectivity index is 0.00000242. The summed E-state index contributed by atoms with van der Waals surface area (Å²) >= 11 is 0. The van der Waals surface area contributed by atoms with Gasteiger partial charge in [-0.15, -0.1) is 24.0 Å². The molecule has 0 atom stereocenters. The zero-order valence-electron chi connectivity index (χ0n) is 13.1. The smallest absolute Gasteiger partial charge is 0.193 e. The SMILES string of the molecule is CCc1cccc(CC)c1NC(N)=NCCn1ccnc1.I. The third-order valence-corrected chi connectivity index (χ3v) is 3.45. The van der Waals surface area contributed by atoms with Crippen molar-refractivity contribution in [2.45, 2.75) is 33.2 Å². The minimum Gasteiger partial charge on any atom is -0.370 e. The molecule has 0 aliphatic rings. The van der Waals surface area contributed by atoms with Crippen molar-refractivity contribution >= 4 is 35.6 Å². The molecule has 22 heavy (non-hydrogen) atoms. The second-order valence-corrected chi connectivity index (χ2v) is 4.85. The van der Waals surface area contributed by atoms with E-state index in [1.165, 1.54) is 11.1 Å². The van der Waals surface area contributed by atoms with Crippen LogP contribution in [0.1, 0.15) is 25.0 Å². The van der Waals surface area contributed by atoms with Crippen LogP contribution in [-0.4, -0.2) is 22.1 Å². The van der Waals surface area contributed by atoms with Crippen molar-refractivity contribution in [3.8, 4) is 0 Å². The van der Waals surface area contributed by atoms with E-state index in [1.54, 1.807) is 12.5 Å². The average molecular weight is 413 g/mol. The molecule has 1 heterocycles. The van der Waals surface area contributed by atoms with E-state index in [1.807, 2.05) is 10.8 Å². The van der Waals surface area contributed by atoms with Gasteiger partial charge in [0.2, 0.25) is 0 Å². The lowest BCUT2D eigenvalue weighted by molar-refractivity contribution is 0.708. The summed E-state index contributed by atoms with van der Waals surface area (Å²) in [4.78, 5) is 8.38. The van der Waals surface area contributed by atoms with Gasteiger partial charge in [-0.05, 0) is 24.0 Å². The van der Waals surface area contributed by atoms with Crippen molar-refractivity contribution in [1.82, 2.24) is 9.55 Å². The molecule has 0 bridgehead atoms. The molecular formula is C16H24IN5. The number of benzene rings is 1. The van der Waals surface area contributed by atoms with Gasteiger partial charge in [0.25, 0.3) is 0 Å². The summed E-state index contributed by atoms with van der Waals surface area (Å²) in [5.74, 6) is 0.464. The number of nitrogens with one attached hydrogen (secondary N) is 1. The van der Waals surface area contributed by atoms with Crippen LogP contribution < -0.4 is 11.1 Å². The summed E-state index contributed by atoms with van der Waals surface area (Å²) in [7, 11) is 0. The molecule has 3 N–H and O–H groups in total. The van der Waals surface area contributed by atoms with E-state index in [2.05, 4.69) is 47.3 Å². The highest BCUT2D eigenvalue weighted by Gasteiger charge is 2.06. The van der Waals surface area contributed by atoms with Crippen molar-refractivity contribution in [2.24, 2.45) is 10.7 Å². The van der Waals surface area contributed by atoms with E-state index >= 15 is 0 Å². The van der Waals surface area contributed by atoms with Crippen LogP contribution in [0, 0.1) is 0 Å². The molecule has 0 fully saturated rings. The lowest BCUT2D eigenvalue weighted by Crippen LogP contribution is -2.24. The first-order valence-electron chi connectivity index (χ1n) is 7.38. The van der Waals surface area contributed by atoms with Gasteiger partial charge >= 0.3 is 0 Å². The van der Waals surface area contributed by atoms with E-state index in [0.29, 0.717) is 12.5 Å². The van der Waals surface area contributed by atoms with Crippen molar-refractivity contribution in [3.63, 3.8) is 0 Å². The van der Waals surface area contributed by atoms with E-state index < -0.39 is 0 Å². The fourth-order valence-corrected chi connectivity index (χ4v) is 2.28. The zero-order chi connectivity index (χ0) is 15.1. The summed E-state index contributed by atoms with van der Waals surface area (Å²) in [6.45, 7) is 5.70. The van der Waals surface area contributed by atoms with Crippen LogP contribution in [-0.2, 0) is 19.4 Å². The van der Waals surface area contributed by atoms with Crippen molar-refractivity contribution in [2.75, 3.05) is 11.9 Å². The second-order valence-electron chi connectivity index (χ2n) is 4.85. The molecule has 120 valence electrons. The Bertz CT molecular complexity index is 570. The van der Waals surface area contributed by atoms with Crippen molar-refractivity contribution in [3.05, 3.63) is 48.0 Å². The standard InChI is InChI=1S/C16H23N5.HI/c1-3-13-6-5-7-14(4-2)15(13)20-16(17)19-9-11-21-10-8-18-12-21;/h5-8,10,12H,3-4,9,11H2,1-2H3,(H3,17,19,20);1H. The topological polar surface area (TPSA) is 68.2 Å². The Kier molecular flexibility index (Phi) is 7.94. The largest absolute Gasteiger partial charge is 0.370 e. The number of aliphatic imine (C=N–C) groups is 1. The molecule has 1 aromatic heterocycles. The molecule has 0 amide bonds. The molecule has 0 unspecified atom stereocenters. The molecule has 2 aromatic rings. The zero-order valence-corrected chi connectivity index (χ0v) is 15.5. The maximum atomic E-state index is 6.01. The molecular weight excluding hydrogens is 389 g/mol. The van der Waals surface area contributed by atoms with Crippen LogP contribution >= 0.6 is 24.0 Å².